The predicted molar refractivity (Wildman–Crippen MR) is 142 cm³/mol. The number of benzene rings is 2. The molecule has 4 N–H and O–H groups in total. The van der Waals surface area contributed by atoms with Gasteiger partial charge in [-0.1, -0.05) is 23.8 Å². The number of hydrogen-bond donors (Lipinski definition) is 4. The van der Waals surface area contributed by atoms with Gasteiger partial charge in [0.2, 0.25) is 0 Å². The molecule has 0 atom stereocenters. The fourth-order valence-electron chi connectivity index (χ4n) is 3.27. The number of methoxy groups -OCH3 is 2. The van der Waals surface area contributed by atoms with E-state index >= 15 is 0 Å². The number of carbonyl (C=O) groups is 4. The number of hydrogen-bond acceptors (Lipinski definition) is 8. The molecule has 0 unspecified atom stereocenters. The summed E-state index contributed by atoms with van der Waals surface area (Å²) in [5.41, 5.74) is 4.54. The molecule has 3 rings (SSSR count). The van der Waals surface area contributed by atoms with E-state index in [2.05, 4.69) is 26.5 Å². The number of nitrogens with zero attached hydrogens (tertiary/aromatic N) is 1. The first kappa shape index (κ1) is 28.4. The molecule has 0 spiro atoms. The van der Waals surface area contributed by atoms with Crippen LogP contribution in [0.5, 0.6) is 11.5 Å². The van der Waals surface area contributed by atoms with Crippen LogP contribution in [0.1, 0.15) is 22.6 Å². The minimum absolute atomic E-state index is 0.0389. The number of hydrazone groups is 1. The van der Waals surface area contributed by atoms with Gasteiger partial charge in [-0.25, -0.2) is 5.43 Å². The van der Waals surface area contributed by atoms with E-state index in [0.29, 0.717) is 29.4 Å². The standard InChI is InChI=1S/C27H29N5O7/c1-17-4-7-19(8-5-17)31-26(35)24(33)29-15-20-9-10-21(39-20)16-30-32-27(36)25(34)28-13-12-18-6-11-22(37-2)23(14-18)38-3/h4-11,14,16H,12-13,15H2,1-3H3,(H,28,34)(H,29,33)(H,31,35)(H,32,36)/b30-16+. The summed E-state index contributed by atoms with van der Waals surface area (Å²) in [5, 5.41) is 11.2. The third-order valence-corrected chi connectivity index (χ3v) is 5.33. The average Bonchev–Trinajstić information content (AvgIpc) is 3.40. The minimum Gasteiger partial charge on any atom is -0.493 e. The number of nitrogens with one attached hydrogen (secondary N) is 4. The molecule has 12 heteroatoms. The third kappa shape index (κ3) is 8.74. The van der Waals surface area contributed by atoms with Gasteiger partial charge in [-0.3, -0.25) is 19.2 Å². The number of ether oxygens (including phenoxy) is 2. The smallest absolute Gasteiger partial charge is 0.329 e. The first-order valence-corrected chi connectivity index (χ1v) is 11.9. The summed E-state index contributed by atoms with van der Waals surface area (Å²) in [4.78, 5) is 48.0. The van der Waals surface area contributed by atoms with Gasteiger partial charge in [-0.2, -0.15) is 5.10 Å². The van der Waals surface area contributed by atoms with E-state index in [1.807, 2.05) is 25.1 Å². The van der Waals surface area contributed by atoms with Crippen LogP contribution in [0.2, 0.25) is 0 Å². The van der Waals surface area contributed by atoms with Crippen LogP contribution >= 0.6 is 0 Å². The van der Waals surface area contributed by atoms with Crippen molar-refractivity contribution in [3.05, 3.63) is 77.2 Å². The highest BCUT2D eigenvalue weighted by Gasteiger charge is 2.15. The largest absolute Gasteiger partial charge is 0.493 e. The predicted octanol–water partition coefficient (Wildman–Crippen LogP) is 1.67. The number of aryl methyl sites for hydroxylation is 1. The van der Waals surface area contributed by atoms with Crippen LogP contribution in [0.15, 0.2) is 64.1 Å². The lowest BCUT2D eigenvalue weighted by molar-refractivity contribution is -0.139. The number of amides is 4. The summed E-state index contributed by atoms with van der Waals surface area (Å²) < 4.78 is 15.9. The lowest BCUT2D eigenvalue weighted by Gasteiger charge is -2.09. The summed E-state index contributed by atoms with van der Waals surface area (Å²) in [5.74, 6) is -1.65. The molecule has 0 aliphatic rings. The summed E-state index contributed by atoms with van der Waals surface area (Å²) >= 11 is 0. The Balaban J connectivity index is 1.38. The normalized spacial score (nSPS) is 10.5. The highest BCUT2D eigenvalue weighted by molar-refractivity contribution is 6.39. The summed E-state index contributed by atoms with van der Waals surface area (Å²) in [6.45, 7) is 2.10. The van der Waals surface area contributed by atoms with Crippen molar-refractivity contribution in [2.45, 2.75) is 19.9 Å². The maximum Gasteiger partial charge on any atom is 0.329 e. The highest BCUT2D eigenvalue weighted by atomic mass is 16.5. The quantitative estimate of drug-likeness (QED) is 0.174. The average molecular weight is 536 g/mol. The van der Waals surface area contributed by atoms with Gasteiger partial charge >= 0.3 is 23.6 Å². The maximum atomic E-state index is 12.0. The van der Waals surface area contributed by atoms with Crippen molar-refractivity contribution in [3.63, 3.8) is 0 Å². The molecule has 0 radical (unpaired) electrons. The molecule has 1 heterocycles. The second kappa shape index (κ2) is 14.0. The number of anilines is 1. The number of carbonyl (C=O) groups excluding carboxylic acids is 4. The number of rotatable bonds is 10. The zero-order valence-electron chi connectivity index (χ0n) is 21.7. The molecule has 1 aromatic heterocycles. The van der Waals surface area contributed by atoms with Gasteiger partial charge in [-0.15, -0.1) is 0 Å². The Labute approximate surface area is 224 Å². The Bertz CT molecular complexity index is 1350. The number of furan rings is 1. The van der Waals surface area contributed by atoms with Gasteiger partial charge in [0, 0.05) is 12.2 Å². The summed E-state index contributed by atoms with van der Waals surface area (Å²) in [7, 11) is 3.07. The van der Waals surface area contributed by atoms with Crippen molar-refractivity contribution >= 4 is 35.5 Å². The van der Waals surface area contributed by atoms with Gasteiger partial charge in [0.25, 0.3) is 0 Å². The molecule has 2 aromatic carbocycles. The highest BCUT2D eigenvalue weighted by Crippen LogP contribution is 2.27. The fourth-order valence-corrected chi connectivity index (χ4v) is 3.27. The van der Waals surface area contributed by atoms with Gasteiger partial charge < -0.3 is 29.8 Å². The van der Waals surface area contributed by atoms with Crippen LogP contribution in [0.25, 0.3) is 0 Å². The molecule has 204 valence electrons. The van der Waals surface area contributed by atoms with Crippen molar-refractivity contribution in [2.75, 3.05) is 26.1 Å². The molecular weight excluding hydrogens is 506 g/mol. The van der Waals surface area contributed by atoms with E-state index in [9.17, 15) is 19.2 Å². The van der Waals surface area contributed by atoms with Crippen LogP contribution in [-0.2, 0) is 32.1 Å². The fraction of sp³-hybridized carbons (Fsp3) is 0.222. The van der Waals surface area contributed by atoms with Crippen LogP contribution in [0.3, 0.4) is 0 Å². The third-order valence-electron chi connectivity index (χ3n) is 5.33. The maximum absolute atomic E-state index is 12.0. The lowest BCUT2D eigenvalue weighted by atomic mass is 10.1. The Kier molecular flexibility index (Phi) is 10.2. The van der Waals surface area contributed by atoms with Crippen LogP contribution < -0.4 is 30.8 Å². The van der Waals surface area contributed by atoms with Gasteiger partial charge in [0.15, 0.2) is 11.5 Å². The molecule has 12 nitrogen and oxygen atoms in total. The van der Waals surface area contributed by atoms with E-state index in [0.717, 1.165) is 11.1 Å². The first-order valence-electron chi connectivity index (χ1n) is 11.9. The van der Waals surface area contributed by atoms with Crippen molar-refractivity contribution in [1.82, 2.24) is 16.1 Å². The molecule has 4 amide bonds. The molecule has 0 saturated carbocycles. The van der Waals surface area contributed by atoms with Crippen LogP contribution in [0.4, 0.5) is 5.69 Å². The second-order valence-corrected chi connectivity index (χ2v) is 8.20. The zero-order valence-corrected chi connectivity index (χ0v) is 21.7. The Morgan fingerprint density at radius 1 is 0.846 bits per heavy atom. The van der Waals surface area contributed by atoms with Crippen LogP contribution in [0, 0.1) is 6.92 Å². The van der Waals surface area contributed by atoms with Gasteiger partial charge in [0.05, 0.1) is 27.0 Å². The minimum atomic E-state index is -0.947. The van der Waals surface area contributed by atoms with E-state index < -0.39 is 23.6 Å². The van der Waals surface area contributed by atoms with Gasteiger partial charge in [0.1, 0.15) is 11.5 Å². The molecule has 39 heavy (non-hydrogen) atoms. The van der Waals surface area contributed by atoms with Crippen molar-refractivity contribution < 1.29 is 33.1 Å². The molecule has 0 aliphatic carbocycles. The Hall–Kier alpha value is -5.13. The Morgan fingerprint density at radius 3 is 2.28 bits per heavy atom. The Morgan fingerprint density at radius 2 is 1.56 bits per heavy atom. The molecule has 0 saturated heterocycles. The molecule has 0 fully saturated rings. The van der Waals surface area contributed by atoms with E-state index in [1.54, 1.807) is 43.5 Å². The zero-order chi connectivity index (χ0) is 28.2. The first-order chi connectivity index (χ1) is 18.8. The van der Waals surface area contributed by atoms with E-state index in [1.165, 1.54) is 13.3 Å². The lowest BCUT2D eigenvalue weighted by Crippen LogP contribution is -2.38. The van der Waals surface area contributed by atoms with E-state index in [4.69, 9.17) is 13.9 Å². The molecule has 3 aromatic rings. The van der Waals surface area contributed by atoms with Crippen LogP contribution in [-0.4, -0.2) is 50.6 Å². The molecular formula is C27H29N5O7. The second-order valence-electron chi connectivity index (χ2n) is 8.20. The van der Waals surface area contributed by atoms with Crippen molar-refractivity contribution in [1.29, 1.82) is 0 Å². The molecule has 0 bridgehead atoms. The monoisotopic (exact) mass is 535 g/mol. The SMILES string of the molecule is COc1ccc(CCNC(=O)C(=O)N/N=C/c2ccc(CNC(=O)C(=O)Nc3ccc(C)cc3)o2)cc1OC. The van der Waals surface area contributed by atoms with E-state index in [-0.39, 0.29) is 18.8 Å². The molecule has 0 aliphatic heterocycles. The van der Waals surface area contributed by atoms with Crippen molar-refractivity contribution in [2.24, 2.45) is 5.10 Å². The van der Waals surface area contributed by atoms with Crippen molar-refractivity contribution in [3.8, 4) is 11.5 Å². The summed E-state index contributed by atoms with van der Waals surface area (Å²) in [6, 6.07) is 15.5. The topological polar surface area (TPSA) is 160 Å². The van der Waals surface area contributed by atoms with Gasteiger partial charge in [-0.05, 0) is 55.3 Å². The summed E-state index contributed by atoms with van der Waals surface area (Å²) in [6.07, 6.45) is 1.67.